The van der Waals surface area contributed by atoms with Crippen LogP contribution in [-0.2, 0) is 13.0 Å². The quantitative estimate of drug-likeness (QED) is 0.647. The maximum atomic E-state index is 5.66. The molecule has 1 atom stereocenters. The molecular formula is C20H22N2O2S. The van der Waals surface area contributed by atoms with Crippen LogP contribution in [-0.4, -0.2) is 29.6 Å². The van der Waals surface area contributed by atoms with Gasteiger partial charge in [-0.15, -0.1) is 11.3 Å². The number of oxazole rings is 1. The summed E-state index contributed by atoms with van der Waals surface area (Å²) < 4.78 is 10.9. The number of likely N-dealkylation sites (tertiary alicyclic amines) is 1. The smallest absolute Gasteiger partial charge is 0.236 e. The van der Waals surface area contributed by atoms with Crippen LogP contribution in [0.3, 0.4) is 0 Å². The number of hydrogen-bond donors (Lipinski definition) is 0. The lowest BCUT2D eigenvalue weighted by atomic mass is 10.0. The number of nitrogens with zero attached hydrogens (tertiary/aromatic N) is 2. The minimum Gasteiger partial charge on any atom is -0.497 e. The third-order valence-electron chi connectivity index (χ3n) is 4.78. The van der Waals surface area contributed by atoms with E-state index in [-0.39, 0.29) is 0 Å². The van der Waals surface area contributed by atoms with Crippen molar-refractivity contribution in [2.24, 2.45) is 0 Å². The third kappa shape index (κ3) is 3.78. The summed E-state index contributed by atoms with van der Waals surface area (Å²) in [5, 5.41) is 2.05. The van der Waals surface area contributed by atoms with Gasteiger partial charge in [-0.05, 0) is 54.9 Å². The Morgan fingerprint density at radius 3 is 2.92 bits per heavy atom. The molecule has 2 aromatic heterocycles. The number of methoxy groups -OCH3 is 1. The van der Waals surface area contributed by atoms with Gasteiger partial charge in [0.15, 0.2) is 0 Å². The van der Waals surface area contributed by atoms with Gasteiger partial charge in [0.1, 0.15) is 12.0 Å². The van der Waals surface area contributed by atoms with Gasteiger partial charge in [-0.2, -0.15) is 0 Å². The molecule has 25 heavy (non-hydrogen) atoms. The van der Waals surface area contributed by atoms with Gasteiger partial charge in [0, 0.05) is 12.6 Å². The zero-order valence-electron chi connectivity index (χ0n) is 14.4. The van der Waals surface area contributed by atoms with Crippen LogP contribution in [0, 0.1) is 0 Å². The summed E-state index contributed by atoms with van der Waals surface area (Å²) in [5.41, 5.74) is 2.38. The van der Waals surface area contributed by atoms with Crippen LogP contribution in [0.2, 0.25) is 0 Å². The highest BCUT2D eigenvalue weighted by atomic mass is 32.1. The van der Waals surface area contributed by atoms with E-state index in [2.05, 4.69) is 22.0 Å². The second-order valence-electron chi connectivity index (χ2n) is 6.44. The molecular weight excluding hydrogens is 332 g/mol. The maximum absolute atomic E-state index is 5.66. The zero-order chi connectivity index (χ0) is 17.1. The van der Waals surface area contributed by atoms with E-state index in [0.29, 0.717) is 6.04 Å². The first-order chi connectivity index (χ1) is 12.3. The van der Waals surface area contributed by atoms with Gasteiger partial charge in [-0.3, -0.25) is 4.90 Å². The fourth-order valence-electron chi connectivity index (χ4n) is 3.47. The summed E-state index contributed by atoms with van der Waals surface area (Å²) in [4.78, 5) is 8.28. The molecule has 4 rings (SSSR count). The van der Waals surface area contributed by atoms with Gasteiger partial charge in [-0.25, -0.2) is 4.98 Å². The third-order valence-corrected chi connectivity index (χ3v) is 5.64. The second kappa shape index (κ2) is 7.42. The van der Waals surface area contributed by atoms with Crippen molar-refractivity contribution in [1.29, 1.82) is 0 Å². The van der Waals surface area contributed by atoms with E-state index >= 15 is 0 Å². The van der Waals surface area contributed by atoms with Crippen LogP contribution in [0.15, 0.2) is 52.5 Å². The first-order valence-electron chi connectivity index (χ1n) is 8.67. The second-order valence-corrected chi connectivity index (χ2v) is 7.39. The predicted octanol–water partition coefficient (Wildman–Crippen LogP) is 4.62. The largest absolute Gasteiger partial charge is 0.497 e. The molecule has 1 aliphatic rings. The molecule has 1 aliphatic heterocycles. The molecule has 0 saturated carbocycles. The highest BCUT2D eigenvalue weighted by molar-refractivity contribution is 7.13. The lowest BCUT2D eigenvalue weighted by Gasteiger charge is -2.23. The molecule has 0 N–H and O–H groups in total. The Kier molecular flexibility index (Phi) is 4.85. The highest BCUT2D eigenvalue weighted by Gasteiger charge is 2.25. The minimum absolute atomic E-state index is 0.565. The van der Waals surface area contributed by atoms with Crippen LogP contribution in [0.5, 0.6) is 5.75 Å². The number of thiophene rings is 1. The summed E-state index contributed by atoms with van der Waals surface area (Å²) in [5.74, 6) is 1.65. The Morgan fingerprint density at radius 1 is 1.28 bits per heavy atom. The Bertz CT molecular complexity index is 795. The summed E-state index contributed by atoms with van der Waals surface area (Å²) in [7, 11) is 1.70. The molecule has 0 aliphatic carbocycles. The molecule has 0 unspecified atom stereocenters. The molecule has 130 valence electrons. The SMILES string of the molecule is COc1ccc(C[C@H]2CCCN2Cc2coc(-c3cccs3)n2)cc1. The molecule has 1 aromatic carbocycles. The van der Waals surface area contributed by atoms with Crippen LogP contribution in [0.1, 0.15) is 24.1 Å². The summed E-state index contributed by atoms with van der Waals surface area (Å²) in [6.07, 6.45) is 5.36. The Hall–Kier alpha value is -2.11. The van der Waals surface area contributed by atoms with E-state index in [0.717, 1.165) is 41.7 Å². The monoisotopic (exact) mass is 354 g/mol. The Balaban J connectivity index is 1.41. The van der Waals surface area contributed by atoms with Crippen LogP contribution >= 0.6 is 11.3 Å². The molecule has 0 amide bonds. The molecule has 0 bridgehead atoms. The van der Waals surface area contributed by atoms with Crippen molar-refractivity contribution in [3.63, 3.8) is 0 Å². The van der Waals surface area contributed by atoms with Crippen molar-refractivity contribution < 1.29 is 9.15 Å². The number of aromatic nitrogens is 1. The summed E-state index contributed by atoms with van der Waals surface area (Å²) in [6, 6.07) is 13.0. The van der Waals surface area contributed by atoms with E-state index in [9.17, 15) is 0 Å². The Morgan fingerprint density at radius 2 is 2.16 bits per heavy atom. The summed E-state index contributed by atoms with van der Waals surface area (Å²) >= 11 is 1.66. The van der Waals surface area contributed by atoms with E-state index in [4.69, 9.17) is 9.15 Å². The molecule has 4 nitrogen and oxygen atoms in total. The molecule has 3 aromatic rings. The van der Waals surface area contributed by atoms with Gasteiger partial charge in [0.2, 0.25) is 5.89 Å². The summed E-state index contributed by atoms with van der Waals surface area (Å²) in [6.45, 7) is 1.98. The van der Waals surface area contributed by atoms with E-state index in [1.54, 1.807) is 24.7 Å². The zero-order valence-corrected chi connectivity index (χ0v) is 15.2. The van der Waals surface area contributed by atoms with Crippen molar-refractivity contribution in [3.8, 4) is 16.5 Å². The lowest BCUT2D eigenvalue weighted by Crippen LogP contribution is -2.30. The number of hydrogen-bond acceptors (Lipinski definition) is 5. The molecule has 1 saturated heterocycles. The van der Waals surface area contributed by atoms with Crippen molar-refractivity contribution in [2.45, 2.75) is 31.8 Å². The van der Waals surface area contributed by atoms with Gasteiger partial charge < -0.3 is 9.15 Å². The first-order valence-corrected chi connectivity index (χ1v) is 9.55. The first kappa shape index (κ1) is 16.4. The fourth-order valence-corrected chi connectivity index (χ4v) is 4.12. The molecule has 3 heterocycles. The van der Waals surface area contributed by atoms with Gasteiger partial charge >= 0.3 is 0 Å². The normalized spacial score (nSPS) is 17.9. The highest BCUT2D eigenvalue weighted by Crippen LogP contribution is 2.27. The molecule has 5 heteroatoms. The van der Waals surface area contributed by atoms with E-state index < -0.39 is 0 Å². The molecule has 0 spiro atoms. The Labute approximate surface area is 152 Å². The van der Waals surface area contributed by atoms with Crippen molar-refractivity contribution in [3.05, 3.63) is 59.3 Å². The van der Waals surface area contributed by atoms with E-state index in [1.165, 1.54) is 18.4 Å². The lowest BCUT2D eigenvalue weighted by molar-refractivity contribution is 0.241. The van der Waals surface area contributed by atoms with Gasteiger partial charge in [0.05, 0.1) is 17.7 Å². The van der Waals surface area contributed by atoms with Gasteiger partial charge in [-0.1, -0.05) is 18.2 Å². The maximum Gasteiger partial charge on any atom is 0.236 e. The van der Waals surface area contributed by atoms with Crippen molar-refractivity contribution in [1.82, 2.24) is 9.88 Å². The van der Waals surface area contributed by atoms with Crippen LogP contribution in [0.4, 0.5) is 0 Å². The minimum atomic E-state index is 0.565. The van der Waals surface area contributed by atoms with Crippen molar-refractivity contribution >= 4 is 11.3 Å². The van der Waals surface area contributed by atoms with Gasteiger partial charge in [0.25, 0.3) is 0 Å². The topological polar surface area (TPSA) is 38.5 Å². The average molecular weight is 354 g/mol. The van der Waals surface area contributed by atoms with E-state index in [1.807, 2.05) is 29.6 Å². The fraction of sp³-hybridized carbons (Fsp3) is 0.350. The predicted molar refractivity (Wildman–Crippen MR) is 99.9 cm³/mol. The number of benzene rings is 1. The number of ether oxygens (including phenoxy) is 1. The average Bonchev–Trinajstić information content (AvgIpc) is 3.38. The molecule has 1 fully saturated rings. The van der Waals surface area contributed by atoms with Crippen molar-refractivity contribution in [2.75, 3.05) is 13.7 Å². The van der Waals surface area contributed by atoms with Crippen LogP contribution < -0.4 is 4.74 Å². The standard InChI is InChI=1S/C20H22N2O2S/c1-23-18-8-6-15(7-9-18)12-17-4-2-10-22(17)13-16-14-24-20(21-16)19-5-3-11-25-19/h3,5-9,11,14,17H,2,4,10,12-13H2,1H3/t17-/m1/s1. The molecule has 0 radical (unpaired) electrons. The van der Waals surface area contributed by atoms with Crippen LogP contribution in [0.25, 0.3) is 10.8 Å². The number of rotatable bonds is 6.